The molecule has 0 spiro atoms. The first-order chi connectivity index (χ1) is 11.7. The van der Waals surface area contributed by atoms with E-state index in [1.165, 1.54) is 12.1 Å². The Kier molecular flexibility index (Phi) is 5.79. The number of nitro benzene ring substituents is 1. The third-order valence-electron chi connectivity index (χ3n) is 3.85. The molecule has 25 heavy (non-hydrogen) atoms. The van der Waals surface area contributed by atoms with E-state index < -0.39 is 11.0 Å². The third kappa shape index (κ3) is 4.36. The van der Waals surface area contributed by atoms with Gasteiger partial charge < -0.3 is 10.1 Å². The van der Waals surface area contributed by atoms with Crippen LogP contribution in [0.1, 0.15) is 23.6 Å². The number of amides is 1. The molecule has 0 heterocycles. The minimum absolute atomic E-state index is 0.0361. The molecule has 0 aliphatic rings. The van der Waals surface area contributed by atoms with E-state index in [1.807, 2.05) is 26.0 Å². The Morgan fingerprint density at radius 1 is 1.24 bits per heavy atom. The zero-order valence-corrected chi connectivity index (χ0v) is 16.0. The molecule has 0 fully saturated rings. The number of carbonyl (C=O) groups is 1. The summed E-state index contributed by atoms with van der Waals surface area (Å²) in [7, 11) is 0. The summed E-state index contributed by atoms with van der Waals surface area (Å²) < 4.78 is 6.76. The second-order valence-electron chi connectivity index (χ2n) is 5.82. The van der Waals surface area contributed by atoms with Crippen LogP contribution in [0.5, 0.6) is 5.75 Å². The molecule has 132 valence electrons. The molecule has 2 rings (SSSR count). The third-order valence-corrected chi connectivity index (χ3v) is 4.31. The number of nitrogens with zero attached hydrogens (tertiary/aromatic N) is 1. The lowest BCUT2D eigenvalue weighted by Crippen LogP contribution is -2.30. The lowest BCUT2D eigenvalue weighted by Gasteiger charge is -2.19. The van der Waals surface area contributed by atoms with Crippen molar-refractivity contribution >= 4 is 33.2 Å². The predicted octanol–water partition coefficient (Wildman–Crippen LogP) is 4.69. The van der Waals surface area contributed by atoms with Crippen molar-refractivity contribution in [1.29, 1.82) is 0 Å². The molecule has 2 aromatic rings. The number of rotatable bonds is 5. The van der Waals surface area contributed by atoms with Crippen LogP contribution in [0, 0.1) is 30.9 Å². The minimum atomic E-state index is -0.753. The number of halogens is 1. The molecule has 1 N–H and O–H groups in total. The summed E-state index contributed by atoms with van der Waals surface area (Å²) in [5.41, 5.74) is 2.60. The van der Waals surface area contributed by atoms with Crippen LogP contribution in [0.3, 0.4) is 0 Å². The Bertz CT molecular complexity index is 813. The molecule has 1 atom stereocenters. The molecule has 0 aliphatic carbocycles. The molecule has 1 amide bonds. The monoisotopic (exact) mass is 406 g/mol. The van der Waals surface area contributed by atoms with Gasteiger partial charge in [0.2, 0.25) is 0 Å². The zero-order valence-electron chi connectivity index (χ0n) is 14.4. The van der Waals surface area contributed by atoms with Crippen molar-refractivity contribution < 1.29 is 14.5 Å². The Morgan fingerprint density at radius 3 is 2.40 bits per heavy atom. The zero-order chi connectivity index (χ0) is 18.7. The van der Waals surface area contributed by atoms with Gasteiger partial charge in [-0.3, -0.25) is 14.9 Å². The highest BCUT2D eigenvalue weighted by atomic mass is 79.9. The number of nitro groups is 1. The second kappa shape index (κ2) is 7.65. The van der Waals surface area contributed by atoms with Crippen molar-refractivity contribution in [3.05, 3.63) is 61.6 Å². The number of nitrogens with one attached hydrogen (secondary N) is 1. The number of benzene rings is 2. The summed E-state index contributed by atoms with van der Waals surface area (Å²) in [6.07, 6.45) is -0.753. The molecule has 2 aromatic carbocycles. The van der Waals surface area contributed by atoms with Gasteiger partial charge in [0.25, 0.3) is 11.6 Å². The van der Waals surface area contributed by atoms with E-state index in [2.05, 4.69) is 21.2 Å². The van der Waals surface area contributed by atoms with E-state index in [4.69, 9.17) is 4.74 Å². The summed E-state index contributed by atoms with van der Waals surface area (Å²) in [5, 5.41) is 13.7. The van der Waals surface area contributed by atoms with Crippen molar-refractivity contribution in [2.45, 2.75) is 33.8 Å². The topological polar surface area (TPSA) is 81.5 Å². The maximum absolute atomic E-state index is 12.4. The maximum Gasteiger partial charge on any atom is 0.274 e. The van der Waals surface area contributed by atoms with Gasteiger partial charge in [-0.05, 0) is 57.0 Å². The number of carbonyl (C=O) groups excluding carboxylic acids is 1. The summed E-state index contributed by atoms with van der Waals surface area (Å²) in [6.45, 7) is 7.05. The average molecular weight is 407 g/mol. The van der Waals surface area contributed by atoms with Crippen LogP contribution >= 0.6 is 15.9 Å². The standard InChI is InChI=1S/C18H19BrN2O4/c1-10-8-14(19)9-11(2)17(10)25-13(4)18(22)20-15-6-5-7-16(12(15)3)21(23)24/h5-9,13H,1-4H3,(H,20,22). The van der Waals surface area contributed by atoms with E-state index >= 15 is 0 Å². The van der Waals surface area contributed by atoms with Crippen molar-refractivity contribution in [3.63, 3.8) is 0 Å². The highest BCUT2D eigenvalue weighted by Gasteiger charge is 2.20. The lowest BCUT2D eigenvalue weighted by molar-refractivity contribution is -0.385. The molecular formula is C18H19BrN2O4. The molecule has 6 nitrogen and oxygen atoms in total. The van der Waals surface area contributed by atoms with E-state index in [0.717, 1.165) is 15.6 Å². The van der Waals surface area contributed by atoms with Crippen LogP contribution in [0.2, 0.25) is 0 Å². The van der Waals surface area contributed by atoms with Crippen molar-refractivity contribution in [2.24, 2.45) is 0 Å². The molecular weight excluding hydrogens is 388 g/mol. The molecule has 0 aliphatic heterocycles. The fraction of sp³-hybridized carbons (Fsp3) is 0.278. The first kappa shape index (κ1) is 18.9. The summed E-state index contributed by atoms with van der Waals surface area (Å²) >= 11 is 3.42. The fourth-order valence-corrected chi connectivity index (χ4v) is 3.19. The number of hydrogen-bond acceptors (Lipinski definition) is 4. The Balaban J connectivity index is 2.17. The molecule has 7 heteroatoms. The highest BCUT2D eigenvalue weighted by molar-refractivity contribution is 9.10. The van der Waals surface area contributed by atoms with Crippen LogP contribution < -0.4 is 10.1 Å². The molecule has 0 bridgehead atoms. The van der Waals surface area contributed by atoms with Crippen molar-refractivity contribution in [3.8, 4) is 5.75 Å². The SMILES string of the molecule is Cc1cc(Br)cc(C)c1OC(C)C(=O)Nc1cccc([N+](=O)[O-])c1C. The van der Waals surface area contributed by atoms with Crippen LogP contribution in [-0.4, -0.2) is 16.9 Å². The predicted molar refractivity (Wildman–Crippen MR) is 100 cm³/mol. The van der Waals surface area contributed by atoms with Gasteiger partial charge in [0.15, 0.2) is 6.10 Å². The van der Waals surface area contributed by atoms with Gasteiger partial charge in [-0.15, -0.1) is 0 Å². The lowest BCUT2D eigenvalue weighted by atomic mass is 10.1. The number of anilines is 1. The van der Waals surface area contributed by atoms with Crippen LogP contribution in [0.4, 0.5) is 11.4 Å². The van der Waals surface area contributed by atoms with Crippen molar-refractivity contribution in [2.75, 3.05) is 5.32 Å². The van der Waals surface area contributed by atoms with Gasteiger partial charge in [-0.2, -0.15) is 0 Å². The van der Waals surface area contributed by atoms with Crippen LogP contribution in [0.15, 0.2) is 34.8 Å². The molecule has 0 saturated heterocycles. The quantitative estimate of drug-likeness (QED) is 0.576. The van der Waals surface area contributed by atoms with Crippen LogP contribution in [-0.2, 0) is 4.79 Å². The van der Waals surface area contributed by atoms with Crippen molar-refractivity contribution in [1.82, 2.24) is 0 Å². The minimum Gasteiger partial charge on any atom is -0.480 e. The highest BCUT2D eigenvalue weighted by Crippen LogP contribution is 2.29. The first-order valence-electron chi connectivity index (χ1n) is 7.69. The van der Waals surface area contributed by atoms with Crippen LogP contribution in [0.25, 0.3) is 0 Å². The number of aryl methyl sites for hydroxylation is 2. The largest absolute Gasteiger partial charge is 0.480 e. The molecule has 0 aromatic heterocycles. The van der Waals surface area contributed by atoms with Gasteiger partial charge >= 0.3 is 0 Å². The first-order valence-corrected chi connectivity index (χ1v) is 8.48. The van der Waals surface area contributed by atoms with Gasteiger partial charge in [0.1, 0.15) is 5.75 Å². The number of ether oxygens (including phenoxy) is 1. The van der Waals surface area contributed by atoms with Gasteiger partial charge in [-0.1, -0.05) is 22.0 Å². The summed E-state index contributed by atoms with van der Waals surface area (Å²) in [4.78, 5) is 23.0. The van der Waals surface area contributed by atoms with E-state index in [9.17, 15) is 14.9 Å². The molecule has 0 saturated carbocycles. The second-order valence-corrected chi connectivity index (χ2v) is 6.74. The summed E-state index contributed by atoms with van der Waals surface area (Å²) in [5.74, 6) is 0.284. The van der Waals surface area contributed by atoms with E-state index in [-0.39, 0.29) is 11.6 Å². The van der Waals surface area contributed by atoms with Gasteiger partial charge in [-0.25, -0.2) is 0 Å². The Labute approximate surface area is 154 Å². The fourth-order valence-electron chi connectivity index (χ4n) is 2.50. The Hall–Kier alpha value is -2.41. The van der Waals surface area contributed by atoms with Gasteiger partial charge in [0.05, 0.1) is 16.2 Å². The normalized spacial score (nSPS) is 11.7. The van der Waals surface area contributed by atoms with E-state index in [0.29, 0.717) is 17.0 Å². The van der Waals surface area contributed by atoms with E-state index in [1.54, 1.807) is 19.9 Å². The van der Waals surface area contributed by atoms with Gasteiger partial charge in [0, 0.05) is 10.5 Å². The smallest absolute Gasteiger partial charge is 0.274 e. The molecule has 0 radical (unpaired) electrons. The average Bonchev–Trinajstić information content (AvgIpc) is 2.52. The summed E-state index contributed by atoms with van der Waals surface area (Å²) in [6, 6.07) is 8.40. The Morgan fingerprint density at radius 2 is 1.84 bits per heavy atom. The molecule has 1 unspecified atom stereocenters. The maximum atomic E-state index is 12.4. The number of hydrogen-bond donors (Lipinski definition) is 1.